The normalized spacial score (nSPS) is 12.7. The van der Waals surface area contributed by atoms with E-state index in [1.54, 1.807) is 0 Å². The average molecular weight is 919 g/mol. The molecular formula is C60H102O6. The van der Waals surface area contributed by atoms with Gasteiger partial charge in [0.15, 0.2) is 6.10 Å². The molecule has 0 aliphatic rings. The lowest BCUT2D eigenvalue weighted by atomic mass is 10.0. The molecule has 0 N–H and O–H groups in total. The topological polar surface area (TPSA) is 78.9 Å². The second-order valence-corrected chi connectivity index (χ2v) is 18.1. The van der Waals surface area contributed by atoms with E-state index < -0.39 is 12.1 Å². The highest BCUT2D eigenvalue weighted by atomic mass is 16.6. The van der Waals surface area contributed by atoms with Gasteiger partial charge in [0.25, 0.3) is 0 Å². The van der Waals surface area contributed by atoms with Crippen molar-refractivity contribution in [3.05, 3.63) is 85.1 Å². The number of carbonyl (C=O) groups is 3. The first kappa shape index (κ1) is 62.6. The van der Waals surface area contributed by atoms with Crippen LogP contribution in [0.2, 0.25) is 0 Å². The molecule has 0 amide bonds. The lowest BCUT2D eigenvalue weighted by Crippen LogP contribution is -2.30. The molecule has 0 aromatic rings. The SMILES string of the molecule is CC/C=C\C/C=C\C/C=C\C/C=C\C/C=C\CCC(=O)OC(COC(=O)CCCCCCCC/C=C\C=C/CCCCC)COC(=O)CCCCCCCCCCCCCCCCCCC. The number of allylic oxidation sites excluding steroid dienone is 14. The van der Waals surface area contributed by atoms with Crippen molar-refractivity contribution in [1.29, 1.82) is 0 Å². The summed E-state index contributed by atoms with van der Waals surface area (Å²) in [6.07, 6.45) is 70.1. The molecular weight excluding hydrogens is 817 g/mol. The van der Waals surface area contributed by atoms with E-state index in [-0.39, 0.29) is 31.6 Å². The van der Waals surface area contributed by atoms with E-state index in [2.05, 4.69) is 93.7 Å². The summed E-state index contributed by atoms with van der Waals surface area (Å²) in [5.41, 5.74) is 0. The Kier molecular flexibility index (Phi) is 51.4. The number of rotatable bonds is 49. The summed E-state index contributed by atoms with van der Waals surface area (Å²) in [6, 6.07) is 0. The van der Waals surface area contributed by atoms with Crippen molar-refractivity contribution in [3.63, 3.8) is 0 Å². The molecule has 6 heteroatoms. The lowest BCUT2D eigenvalue weighted by molar-refractivity contribution is -0.166. The van der Waals surface area contributed by atoms with Gasteiger partial charge in [0.1, 0.15) is 13.2 Å². The largest absolute Gasteiger partial charge is 0.462 e. The van der Waals surface area contributed by atoms with E-state index in [9.17, 15) is 14.4 Å². The average Bonchev–Trinajstić information content (AvgIpc) is 3.31. The zero-order valence-corrected chi connectivity index (χ0v) is 43.2. The van der Waals surface area contributed by atoms with Crippen molar-refractivity contribution in [3.8, 4) is 0 Å². The second-order valence-electron chi connectivity index (χ2n) is 18.1. The molecule has 0 aliphatic heterocycles. The van der Waals surface area contributed by atoms with Gasteiger partial charge in [-0.25, -0.2) is 0 Å². The van der Waals surface area contributed by atoms with Crippen LogP contribution in [-0.4, -0.2) is 37.2 Å². The first-order chi connectivity index (χ1) is 32.5. The quantitative estimate of drug-likeness (QED) is 0.0199. The molecule has 0 aromatic carbocycles. The molecule has 0 fully saturated rings. The molecule has 0 rings (SSSR count). The summed E-state index contributed by atoms with van der Waals surface area (Å²) in [4.78, 5) is 38.1. The molecule has 0 radical (unpaired) electrons. The highest BCUT2D eigenvalue weighted by Gasteiger charge is 2.19. The summed E-state index contributed by atoms with van der Waals surface area (Å²) >= 11 is 0. The number of esters is 3. The van der Waals surface area contributed by atoms with Crippen LogP contribution in [0.3, 0.4) is 0 Å². The van der Waals surface area contributed by atoms with Crippen molar-refractivity contribution < 1.29 is 28.6 Å². The van der Waals surface area contributed by atoms with Gasteiger partial charge in [-0.15, -0.1) is 0 Å². The van der Waals surface area contributed by atoms with Crippen LogP contribution in [-0.2, 0) is 28.6 Å². The van der Waals surface area contributed by atoms with Gasteiger partial charge in [0.05, 0.1) is 0 Å². The van der Waals surface area contributed by atoms with Crippen LogP contribution >= 0.6 is 0 Å². The maximum Gasteiger partial charge on any atom is 0.306 e. The van der Waals surface area contributed by atoms with Crippen LogP contribution in [0.15, 0.2) is 85.1 Å². The van der Waals surface area contributed by atoms with Crippen LogP contribution in [0, 0.1) is 0 Å². The Hall–Kier alpha value is -3.41. The van der Waals surface area contributed by atoms with Crippen molar-refractivity contribution in [2.45, 2.75) is 264 Å². The third kappa shape index (κ3) is 51.6. The van der Waals surface area contributed by atoms with Crippen molar-refractivity contribution in [2.24, 2.45) is 0 Å². The van der Waals surface area contributed by atoms with Crippen molar-refractivity contribution in [1.82, 2.24) is 0 Å². The van der Waals surface area contributed by atoms with E-state index in [4.69, 9.17) is 14.2 Å². The lowest BCUT2D eigenvalue weighted by Gasteiger charge is -2.18. The number of ether oxygens (including phenoxy) is 3. The van der Waals surface area contributed by atoms with Gasteiger partial charge in [0, 0.05) is 19.3 Å². The molecule has 0 saturated carbocycles. The van der Waals surface area contributed by atoms with Gasteiger partial charge in [0.2, 0.25) is 0 Å². The summed E-state index contributed by atoms with van der Waals surface area (Å²) < 4.78 is 16.8. The Balaban J connectivity index is 4.48. The zero-order chi connectivity index (χ0) is 47.9. The maximum absolute atomic E-state index is 12.8. The van der Waals surface area contributed by atoms with Gasteiger partial charge >= 0.3 is 17.9 Å². The second kappa shape index (κ2) is 54.2. The maximum atomic E-state index is 12.8. The Morgan fingerprint density at radius 2 is 0.667 bits per heavy atom. The molecule has 6 nitrogen and oxygen atoms in total. The smallest absolute Gasteiger partial charge is 0.306 e. The van der Waals surface area contributed by atoms with Gasteiger partial charge in [-0.1, -0.05) is 247 Å². The minimum Gasteiger partial charge on any atom is -0.462 e. The minimum atomic E-state index is -0.820. The molecule has 0 bridgehead atoms. The van der Waals surface area contributed by atoms with Crippen LogP contribution in [0.1, 0.15) is 258 Å². The Morgan fingerprint density at radius 3 is 1.08 bits per heavy atom. The molecule has 0 heterocycles. The third-order valence-corrected chi connectivity index (χ3v) is 11.7. The highest BCUT2D eigenvalue weighted by Crippen LogP contribution is 2.15. The molecule has 0 aromatic heterocycles. The molecule has 1 atom stereocenters. The van der Waals surface area contributed by atoms with E-state index in [1.807, 2.05) is 12.2 Å². The third-order valence-electron chi connectivity index (χ3n) is 11.7. The van der Waals surface area contributed by atoms with E-state index in [1.165, 1.54) is 128 Å². The fraction of sp³-hybridized carbons (Fsp3) is 0.717. The summed E-state index contributed by atoms with van der Waals surface area (Å²) in [6.45, 7) is 6.44. The van der Waals surface area contributed by atoms with Gasteiger partial charge < -0.3 is 14.2 Å². The van der Waals surface area contributed by atoms with E-state index in [0.717, 1.165) is 83.5 Å². The molecule has 0 aliphatic carbocycles. The number of carbonyl (C=O) groups excluding carboxylic acids is 3. The summed E-state index contributed by atoms with van der Waals surface area (Å²) in [5, 5.41) is 0. The van der Waals surface area contributed by atoms with E-state index >= 15 is 0 Å². The predicted molar refractivity (Wildman–Crippen MR) is 284 cm³/mol. The Morgan fingerprint density at radius 1 is 0.333 bits per heavy atom. The van der Waals surface area contributed by atoms with Crippen LogP contribution in [0.25, 0.3) is 0 Å². The zero-order valence-electron chi connectivity index (χ0n) is 43.2. The van der Waals surface area contributed by atoms with Gasteiger partial charge in [-0.2, -0.15) is 0 Å². The number of hydrogen-bond acceptors (Lipinski definition) is 6. The molecule has 0 spiro atoms. The first-order valence-corrected chi connectivity index (χ1v) is 27.6. The van der Waals surface area contributed by atoms with Gasteiger partial charge in [-0.3, -0.25) is 14.4 Å². The molecule has 378 valence electrons. The number of hydrogen-bond donors (Lipinski definition) is 0. The van der Waals surface area contributed by atoms with Gasteiger partial charge in [-0.05, 0) is 77.0 Å². The summed E-state index contributed by atoms with van der Waals surface area (Å²) in [5.74, 6) is -0.999. The highest BCUT2D eigenvalue weighted by molar-refractivity contribution is 5.71. The first-order valence-electron chi connectivity index (χ1n) is 27.6. The molecule has 66 heavy (non-hydrogen) atoms. The van der Waals surface area contributed by atoms with Crippen LogP contribution in [0.4, 0.5) is 0 Å². The van der Waals surface area contributed by atoms with Crippen LogP contribution in [0.5, 0.6) is 0 Å². The Labute approximate surface area is 407 Å². The Bertz CT molecular complexity index is 1290. The molecule has 1 unspecified atom stereocenters. The standard InChI is InChI=1S/C60H102O6/c1-4-7-10-13-16-19-22-25-28-30-33-35-38-41-44-47-50-53-59(62)65-56-57(55-64-58(61)52-49-46-43-40-37-34-31-27-24-21-18-15-12-9-6-3)66-60(63)54-51-48-45-42-39-36-32-29-26-23-20-17-14-11-8-5-2/h8,11,17-18,20-21,24,26-27,29,36,39,45,48,57H,4-7,9-10,12-16,19,22-23,25,28,30-35,37-38,40-44,46-47,49-56H2,1-3H3/b11-8-,20-17-,21-18-,27-24-,29-26-,39-36-,48-45-. The fourth-order valence-electron chi connectivity index (χ4n) is 7.54. The minimum absolute atomic E-state index is 0.108. The van der Waals surface area contributed by atoms with Crippen molar-refractivity contribution >= 4 is 17.9 Å². The van der Waals surface area contributed by atoms with Crippen LogP contribution < -0.4 is 0 Å². The van der Waals surface area contributed by atoms with E-state index in [0.29, 0.717) is 19.3 Å². The predicted octanol–water partition coefficient (Wildman–Crippen LogP) is 18.4. The summed E-state index contributed by atoms with van der Waals surface area (Å²) in [7, 11) is 0. The molecule has 0 saturated heterocycles. The van der Waals surface area contributed by atoms with Crippen molar-refractivity contribution in [2.75, 3.05) is 13.2 Å². The fourth-order valence-corrected chi connectivity index (χ4v) is 7.54. The monoisotopic (exact) mass is 919 g/mol. The number of unbranched alkanes of at least 4 members (excludes halogenated alkanes) is 25.